The van der Waals surface area contributed by atoms with Gasteiger partial charge in [-0.1, -0.05) is 71.7 Å². The van der Waals surface area contributed by atoms with Crippen LogP contribution in [0.15, 0.2) is 60.7 Å². The molecule has 0 amide bonds. The van der Waals surface area contributed by atoms with Crippen LogP contribution >= 0.6 is 23.2 Å². The van der Waals surface area contributed by atoms with Crippen LogP contribution in [-0.4, -0.2) is 11.1 Å². The number of hydrogen-bond donors (Lipinski definition) is 1. The summed E-state index contributed by atoms with van der Waals surface area (Å²) in [5.74, 6) is -3.31. The van der Waals surface area contributed by atoms with Crippen LogP contribution in [0.5, 0.6) is 0 Å². The third kappa shape index (κ3) is 3.19. The Bertz CT molecular complexity index is 969. The van der Waals surface area contributed by atoms with E-state index in [1.54, 1.807) is 18.2 Å². The predicted octanol–water partition coefficient (Wildman–Crippen LogP) is 5.50. The molecule has 2 unspecified atom stereocenters. The Labute approximate surface area is 155 Å². The molecule has 3 aromatic carbocycles. The van der Waals surface area contributed by atoms with Crippen LogP contribution in [0.25, 0.3) is 10.8 Å². The fraction of sp³-hybridized carbons (Fsp3) is 0.100. The lowest BCUT2D eigenvalue weighted by atomic mass is 9.79. The van der Waals surface area contributed by atoms with Crippen LogP contribution in [0, 0.1) is 17.2 Å². The first-order valence-electron chi connectivity index (χ1n) is 7.58. The van der Waals surface area contributed by atoms with E-state index in [-0.39, 0.29) is 0 Å². The number of carboxylic acids is 1. The molecule has 3 nitrogen and oxygen atoms in total. The number of carbonyl (C=O) groups is 1. The zero-order valence-corrected chi connectivity index (χ0v) is 14.5. The Morgan fingerprint density at radius 1 is 0.960 bits per heavy atom. The lowest BCUT2D eigenvalue weighted by molar-refractivity contribution is -0.140. The number of benzene rings is 3. The first kappa shape index (κ1) is 17.3. The van der Waals surface area contributed by atoms with Crippen molar-refractivity contribution >= 4 is 39.9 Å². The molecule has 0 heterocycles. The van der Waals surface area contributed by atoms with Gasteiger partial charge in [0.1, 0.15) is 0 Å². The maximum absolute atomic E-state index is 11.8. The molecule has 124 valence electrons. The molecule has 0 saturated carbocycles. The molecule has 2 atom stereocenters. The minimum absolute atomic E-state index is 0.340. The molecule has 0 radical (unpaired) electrons. The third-order valence-electron chi connectivity index (χ3n) is 4.21. The van der Waals surface area contributed by atoms with Gasteiger partial charge in [-0.2, -0.15) is 5.26 Å². The second-order valence-electron chi connectivity index (χ2n) is 5.63. The van der Waals surface area contributed by atoms with Crippen molar-refractivity contribution < 1.29 is 9.90 Å². The van der Waals surface area contributed by atoms with Crippen molar-refractivity contribution in [3.05, 3.63) is 81.8 Å². The van der Waals surface area contributed by atoms with Gasteiger partial charge >= 0.3 is 5.97 Å². The van der Waals surface area contributed by atoms with Gasteiger partial charge in [-0.3, -0.25) is 4.79 Å². The van der Waals surface area contributed by atoms with Crippen LogP contribution in [0.2, 0.25) is 10.0 Å². The maximum atomic E-state index is 11.8. The van der Waals surface area contributed by atoms with E-state index in [1.165, 1.54) is 0 Å². The molecule has 1 N–H and O–H groups in total. The molecule has 3 aromatic rings. The molecular weight excluding hydrogens is 357 g/mol. The summed E-state index contributed by atoms with van der Waals surface area (Å²) >= 11 is 12.7. The molecule has 0 fully saturated rings. The molecule has 0 saturated heterocycles. The molecular formula is C20H13Cl2NO2. The normalized spacial score (nSPS) is 13.2. The monoisotopic (exact) mass is 369 g/mol. The zero-order valence-electron chi connectivity index (χ0n) is 13.0. The minimum atomic E-state index is -1.32. The Kier molecular flexibility index (Phi) is 4.94. The highest BCUT2D eigenvalue weighted by Gasteiger charge is 2.34. The van der Waals surface area contributed by atoms with Crippen molar-refractivity contribution in [3.63, 3.8) is 0 Å². The van der Waals surface area contributed by atoms with Crippen molar-refractivity contribution in [3.8, 4) is 6.07 Å². The van der Waals surface area contributed by atoms with Gasteiger partial charge in [0.2, 0.25) is 0 Å². The lowest BCUT2D eigenvalue weighted by Crippen LogP contribution is -2.22. The fourth-order valence-corrected chi connectivity index (χ4v) is 3.74. The molecule has 0 aliphatic carbocycles. The van der Waals surface area contributed by atoms with Gasteiger partial charge in [-0.25, -0.2) is 0 Å². The van der Waals surface area contributed by atoms with Crippen LogP contribution in [0.1, 0.15) is 17.0 Å². The number of hydrogen-bond acceptors (Lipinski definition) is 2. The van der Waals surface area contributed by atoms with Crippen LogP contribution in [0.3, 0.4) is 0 Å². The van der Waals surface area contributed by atoms with Crippen LogP contribution in [-0.2, 0) is 4.79 Å². The predicted molar refractivity (Wildman–Crippen MR) is 99.0 cm³/mol. The molecule has 0 aliphatic rings. The summed E-state index contributed by atoms with van der Waals surface area (Å²) in [5.41, 5.74) is 1.16. The summed E-state index contributed by atoms with van der Waals surface area (Å²) in [7, 11) is 0. The number of fused-ring (bicyclic) bond motifs is 1. The van der Waals surface area contributed by atoms with Crippen LogP contribution < -0.4 is 0 Å². The van der Waals surface area contributed by atoms with E-state index in [1.807, 2.05) is 48.5 Å². The lowest BCUT2D eigenvalue weighted by Gasteiger charge is -2.24. The first-order valence-corrected chi connectivity index (χ1v) is 8.34. The van der Waals surface area contributed by atoms with Gasteiger partial charge in [-0.15, -0.1) is 0 Å². The van der Waals surface area contributed by atoms with E-state index in [0.29, 0.717) is 21.2 Å². The van der Waals surface area contributed by atoms with Crippen molar-refractivity contribution in [2.75, 3.05) is 0 Å². The average molecular weight is 370 g/mol. The number of aliphatic carboxylic acids is 1. The Morgan fingerprint density at radius 2 is 1.56 bits per heavy atom. The SMILES string of the molecule is N#CC(C(=O)O)C(c1c(Cl)cccc1Cl)c1cccc2ccccc12. The molecule has 3 rings (SSSR count). The van der Waals surface area contributed by atoms with Crippen molar-refractivity contribution in [2.45, 2.75) is 5.92 Å². The van der Waals surface area contributed by atoms with Gasteiger partial charge in [-0.05, 0) is 34.0 Å². The maximum Gasteiger partial charge on any atom is 0.321 e. The number of carboxylic acid groups (broad SMARTS) is 1. The summed E-state index contributed by atoms with van der Waals surface area (Å²) < 4.78 is 0. The number of halogens is 2. The fourth-order valence-electron chi connectivity index (χ4n) is 3.10. The summed E-state index contributed by atoms with van der Waals surface area (Å²) in [5, 5.41) is 21.6. The van der Waals surface area contributed by atoms with E-state index < -0.39 is 17.8 Å². The van der Waals surface area contributed by atoms with E-state index in [2.05, 4.69) is 0 Å². The molecule has 0 aromatic heterocycles. The van der Waals surface area contributed by atoms with Gasteiger partial charge < -0.3 is 5.11 Å². The summed E-state index contributed by atoms with van der Waals surface area (Å²) in [4.78, 5) is 11.8. The summed E-state index contributed by atoms with van der Waals surface area (Å²) in [6, 6.07) is 20.1. The van der Waals surface area contributed by atoms with Gasteiger partial charge in [0.15, 0.2) is 5.92 Å². The largest absolute Gasteiger partial charge is 0.480 e. The van der Waals surface area contributed by atoms with Gasteiger partial charge in [0.25, 0.3) is 0 Å². The second kappa shape index (κ2) is 7.14. The number of nitrogens with zero attached hydrogens (tertiary/aromatic N) is 1. The average Bonchev–Trinajstić information content (AvgIpc) is 2.60. The van der Waals surface area contributed by atoms with E-state index in [0.717, 1.165) is 10.8 Å². The van der Waals surface area contributed by atoms with Gasteiger partial charge in [0, 0.05) is 16.0 Å². The zero-order chi connectivity index (χ0) is 18.0. The number of nitriles is 1. The number of rotatable bonds is 4. The molecule has 0 aliphatic heterocycles. The highest BCUT2D eigenvalue weighted by atomic mass is 35.5. The van der Waals surface area contributed by atoms with E-state index in [4.69, 9.17) is 23.2 Å². The quantitative estimate of drug-likeness (QED) is 0.659. The molecule has 0 bridgehead atoms. The highest BCUT2D eigenvalue weighted by Crippen LogP contribution is 2.42. The van der Waals surface area contributed by atoms with Crippen molar-refractivity contribution in [1.82, 2.24) is 0 Å². The Balaban J connectivity index is 2.36. The van der Waals surface area contributed by atoms with Crippen LogP contribution in [0.4, 0.5) is 0 Å². The van der Waals surface area contributed by atoms with Gasteiger partial charge in [0.05, 0.1) is 6.07 Å². The Hall–Kier alpha value is -2.54. The second-order valence-corrected chi connectivity index (χ2v) is 6.44. The third-order valence-corrected chi connectivity index (χ3v) is 4.87. The highest BCUT2D eigenvalue weighted by molar-refractivity contribution is 6.36. The molecule has 0 spiro atoms. The van der Waals surface area contributed by atoms with E-state index in [9.17, 15) is 15.2 Å². The Morgan fingerprint density at radius 3 is 2.20 bits per heavy atom. The van der Waals surface area contributed by atoms with Crippen molar-refractivity contribution in [1.29, 1.82) is 5.26 Å². The molecule has 25 heavy (non-hydrogen) atoms. The summed E-state index contributed by atoms with van der Waals surface area (Å²) in [6.07, 6.45) is 0. The molecule has 5 heteroatoms. The first-order chi connectivity index (χ1) is 12.0. The minimum Gasteiger partial charge on any atom is -0.480 e. The topological polar surface area (TPSA) is 61.1 Å². The smallest absolute Gasteiger partial charge is 0.321 e. The summed E-state index contributed by atoms with van der Waals surface area (Å²) in [6.45, 7) is 0. The standard InChI is InChI=1S/C20H13Cl2NO2/c21-16-9-4-10-17(22)19(16)18(15(11-23)20(24)25)14-8-3-6-12-5-1-2-7-13(12)14/h1-10,15,18H,(H,24,25). The van der Waals surface area contributed by atoms with E-state index >= 15 is 0 Å². The van der Waals surface area contributed by atoms with Crippen molar-refractivity contribution in [2.24, 2.45) is 5.92 Å².